The van der Waals surface area contributed by atoms with Crippen molar-refractivity contribution in [2.75, 3.05) is 26.5 Å². The molecule has 206 valence electrons. The van der Waals surface area contributed by atoms with Gasteiger partial charge in [0, 0.05) is 30.1 Å². The Hall–Kier alpha value is -3.36. The van der Waals surface area contributed by atoms with Crippen LogP contribution < -0.4 is 9.47 Å². The zero-order valence-electron chi connectivity index (χ0n) is 22.9. The second-order valence-corrected chi connectivity index (χ2v) is 12.2. The lowest BCUT2D eigenvalue weighted by Gasteiger charge is -2.29. The first-order chi connectivity index (χ1) is 18.8. The molecule has 1 aromatic heterocycles. The maximum Gasteiger partial charge on any atom is 0.254 e. The molecule has 5 rings (SSSR count). The molecule has 0 N–H and O–H groups in total. The molecule has 0 spiro atoms. The van der Waals surface area contributed by atoms with Crippen LogP contribution >= 0.6 is 11.3 Å². The van der Waals surface area contributed by atoms with Gasteiger partial charge < -0.3 is 24.0 Å². The Bertz CT molecular complexity index is 1280. The smallest absolute Gasteiger partial charge is 0.254 e. The van der Waals surface area contributed by atoms with Gasteiger partial charge in [0.25, 0.3) is 5.91 Å². The van der Waals surface area contributed by atoms with Crippen LogP contribution in [-0.4, -0.2) is 54.2 Å². The minimum Gasteiger partial charge on any atom is -0.454 e. The molecule has 1 atom stereocenters. The van der Waals surface area contributed by atoms with Gasteiger partial charge in [-0.15, -0.1) is 11.3 Å². The molecule has 0 radical (unpaired) electrons. The molecule has 8 heteroatoms. The third-order valence-electron chi connectivity index (χ3n) is 7.15. The van der Waals surface area contributed by atoms with Crippen molar-refractivity contribution in [2.24, 2.45) is 0 Å². The number of benzene rings is 2. The van der Waals surface area contributed by atoms with Gasteiger partial charge >= 0.3 is 0 Å². The summed E-state index contributed by atoms with van der Waals surface area (Å²) in [6.45, 7) is 8.57. The molecule has 0 saturated carbocycles. The summed E-state index contributed by atoms with van der Waals surface area (Å²) in [5.74, 6) is 1.13. The van der Waals surface area contributed by atoms with Crippen LogP contribution in [-0.2, 0) is 28.0 Å². The van der Waals surface area contributed by atoms with E-state index in [-0.39, 0.29) is 36.7 Å². The Labute approximate surface area is 234 Å². The van der Waals surface area contributed by atoms with Crippen LogP contribution in [0.5, 0.6) is 11.5 Å². The first-order valence-electron chi connectivity index (χ1n) is 13.5. The van der Waals surface area contributed by atoms with E-state index in [9.17, 15) is 9.59 Å². The van der Waals surface area contributed by atoms with Crippen LogP contribution in [0.3, 0.4) is 0 Å². The molecular weight excluding hydrogens is 512 g/mol. The highest BCUT2D eigenvalue weighted by Crippen LogP contribution is 2.33. The molecule has 2 aliphatic heterocycles. The van der Waals surface area contributed by atoms with E-state index >= 15 is 0 Å². The van der Waals surface area contributed by atoms with Crippen molar-refractivity contribution in [3.05, 3.63) is 81.5 Å². The van der Waals surface area contributed by atoms with Crippen LogP contribution in [0.25, 0.3) is 0 Å². The molecule has 0 aliphatic carbocycles. The summed E-state index contributed by atoms with van der Waals surface area (Å²) >= 11 is 1.61. The molecule has 1 saturated heterocycles. The fourth-order valence-corrected chi connectivity index (χ4v) is 5.61. The number of rotatable bonds is 9. The Morgan fingerprint density at radius 3 is 2.46 bits per heavy atom. The fraction of sp³-hybridized carbons (Fsp3) is 0.419. The van der Waals surface area contributed by atoms with Crippen molar-refractivity contribution in [3.63, 3.8) is 0 Å². The summed E-state index contributed by atoms with van der Waals surface area (Å²) < 4.78 is 16.8. The number of amides is 2. The van der Waals surface area contributed by atoms with Crippen LogP contribution in [0.15, 0.2) is 60.0 Å². The second kappa shape index (κ2) is 11.8. The van der Waals surface area contributed by atoms with E-state index in [0.29, 0.717) is 43.3 Å². The van der Waals surface area contributed by atoms with Crippen LogP contribution in [0.4, 0.5) is 0 Å². The van der Waals surface area contributed by atoms with Gasteiger partial charge in [0.05, 0.1) is 12.6 Å². The summed E-state index contributed by atoms with van der Waals surface area (Å²) in [6, 6.07) is 17.5. The van der Waals surface area contributed by atoms with Gasteiger partial charge in [-0.05, 0) is 65.1 Å². The van der Waals surface area contributed by atoms with Gasteiger partial charge in [0.15, 0.2) is 11.5 Å². The van der Waals surface area contributed by atoms with Crippen LogP contribution in [0.1, 0.15) is 60.0 Å². The Morgan fingerprint density at radius 2 is 1.77 bits per heavy atom. The van der Waals surface area contributed by atoms with Gasteiger partial charge in [0.1, 0.15) is 6.54 Å². The SMILES string of the molecule is CC(C)(C)c1ccc(C(=O)N(CC(=O)N(Cc2ccc3c(c2)OCO3)Cc2cccs2)CC2CCCO2)cc1. The number of nitrogens with zero attached hydrogens (tertiary/aromatic N) is 2. The second-order valence-electron chi connectivity index (χ2n) is 11.2. The lowest BCUT2D eigenvalue weighted by Crippen LogP contribution is -2.45. The van der Waals surface area contributed by atoms with E-state index in [1.54, 1.807) is 16.2 Å². The Balaban J connectivity index is 1.36. The first kappa shape index (κ1) is 27.2. The predicted molar refractivity (Wildman–Crippen MR) is 151 cm³/mol. The third-order valence-corrected chi connectivity index (χ3v) is 8.01. The summed E-state index contributed by atoms with van der Waals surface area (Å²) in [5, 5.41) is 2.01. The molecule has 39 heavy (non-hydrogen) atoms. The minimum atomic E-state index is -0.154. The largest absolute Gasteiger partial charge is 0.454 e. The van der Waals surface area contributed by atoms with Crippen LogP contribution in [0.2, 0.25) is 0 Å². The number of carbonyl (C=O) groups is 2. The lowest BCUT2D eigenvalue weighted by atomic mass is 9.86. The molecule has 1 fully saturated rings. The topological polar surface area (TPSA) is 68.3 Å². The molecule has 3 heterocycles. The number of thiophene rings is 1. The molecule has 2 amide bonds. The number of fused-ring (bicyclic) bond motifs is 1. The predicted octanol–water partition coefficient (Wildman–Crippen LogP) is 5.62. The van der Waals surface area contributed by atoms with Crippen molar-refractivity contribution in [3.8, 4) is 11.5 Å². The fourth-order valence-electron chi connectivity index (χ4n) is 4.89. The molecule has 1 unspecified atom stereocenters. The Morgan fingerprint density at radius 1 is 0.974 bits per heavy atom. The summed E-state index contributed by atoms with van der Waals surface area (Å²) in [5.41, 5.74) is 2.67. The molecular formula is C31H36N2O5S. The highest BCUT2D eigenvalue weighted by atomic mass is 32.1. The zero-order valence-corrected chi connectivity index (χ0v) is 23.7. The summed E-state index contributed by atoms with van der Waals surface area (Å²) in [6.07, 6.45) is 1.79. The standard InChI is InChI=1S/C31H36N2O5S/c1-31(2,3)24-11-9-23(10-12-24)30(35)33(18-25-6-4-14-36-25)20-29(34)32(19-26-7-5-15-39-26)17-22-8-13-27-28(16-22)38-21-37-27/h5,7-13,15-16,25H,4,6,14,17-21H2,1-3H3. The van der Waals surface area contributed by atoms with Gasteiger partial charge in [-0.3, -0.25) is 9.59 Å². The highest BCUT2D eigenvalue weighted by molar-refractivity contribution is 7.09. The van der Waals surface area contributed by atoms with E-state index in [1.807, 2.05) is 64.9 Å². The molecule has 0 bridgehead atoms. The molecule has 2 aliphatic rings. The maximum absolute atomic E-state index is 13.9. The molecule has 7 nitrogen and oxygen atoms in total. The van der Waals surface area contributed by atoms with Gasteiger partial charge in [-0.25, -0.2) is 0 Å². The number of ether oxygens (including phenoxy) is 3. The van der Waals surface area contributed by atoms with E-state index in [2.05, 4.69) is 20.8 Å². The monoisotopic (exact) mass is 548 g/mol. The average Bonchev–Trinajstić information content (AvgIpc) is 3.70. The molecule has 3 aromatic rings. The van der Waals surface area contributed by atoms with Crippen molar-refractivity contribution in [1.82, 2.24) is 9.80 Å². The summed E-state index contributed by atoms with van der Waals surface area (Å²) in [4.78, 5) is 32.1. The lowest BCUT2D eigenvalue weighted by molar-refractivity contribution is -0.133. The van der Waals surface area contributed by atoms with E-state index in [1.165, 1.54) is 0 Å². The number of hydrogen-bond donors (Lipinski definition) is 0. The number of hydrogen-bond acceptors (Lipinski definition) is 6. The van der Waals surface area contributed by atoms with E-state index in [0.717, 1.165) is 28.8 Å². The van der Waals surface area contributed by atoms with Gasteiger partial charge in [-0.1, -0.05) is 45.0 Å². The Kier molecular flexibility index (Phi) is 8.23. The van der Waals surface area contributed by atoms with Crippen molar-refractivity contribution in [1.29, 1.82) is 0 Å². The first-order valence-corrected chi connectivity index (χ1v) is 14.3. The normalized spacial score (nSPS) is 16.3. The summed E-state index contributed by atoms with van der Waals surface area (Å²) in [7, 11) is 0. The van der Waals surface area contributed by atoms with Crippen LogP contribution in [0, 0.1) is 0 Å². The number of carbonyl (C=O) groups excluding carboxylic acids is 2. The molecule has 2 aromatic carbocycles. The van der Waals surface area contributed by atoms with E-state index < -0.39 is 0 Å². The average molecular weight is 549 g/mol. The zero-order chi connectivity index (χ0) is 27.4. The van der Waals surface area contributed by atoms with Crippen molar-refractivity contribution < 1.29 is 23.8 Å². The minimum absolute atomic E-state index is 0.00800. The van der Waals surface area contributed by atoms with Gasteiger partial charge in [-0.2, -0.15) is 0 Å². The van der Waals surface area contributed by atoms with E-state index in [4.69, 9.17) is 14.2 Å². The quantitative estimate of drug-likeness (QED) is 0.347. The maximum atomic E-state index is 13.9. The highest BCUT2D eigenvalue weighted by Gasteiger charge is 2.28. The van der Waals surface area contributed by atoms with Gasteiger partial charge in [0.2, 0.25) is 12.7 Å². The van der Waals surface area contributed by atoms with Crippen molar-refractivity contribution in [2.45, 2.75) is 58.2 Å². The van der Waals surface area contributed by atoms with Crippen molar-refractivity contribution >= 4 is 23.2 Å². The third kappa shape index (κ3) is 6.81.